The Morgan fingerprint density at radius 1 is 1.17 bits per heavy atom. The molecule has 3 heteroatoms. The largest absolute Gasteiger partial charge is 0.353 e. The molecule has 18 heavy (non-hydrogen) atoms. The fraction of sp³-hybridized carbons (Fsp3) is 0.933. The molecule has 1 fully saturated rings. The molecule has 1 aliphatic carbocycles. The summed E-state index contributed by atoms with van der Waals surface area (Å²) in [5, 5.41) is 3.22. The Hall–Kier alpha value is -0.570. The van der Waals surface area contributed by atoms with Gasteiger partial charge in [-0.1, -0.05) is 46.0 Å². The quantitative estimate of drug-likeness (QED) is 0.792. The SMILES string of the molecule is CC(C)C(CCN)NC(=O)C1CCCCCCC1. The van der Waals surface area contributed by atoms with Crippen LogP contribution >= 0.6 is 0 Å². The molecule has 1 aliphatic rings. The molecule has 1 unspecified atom stereocenters. The van der Waals surface area contributed by atoms with Crippen molar-refractivity contribution in [2.45, 2.75) is 71.3 Å². The van der Waals surface area contributed by atoms with Gasteiger partial charge in [-0.25, -0.2) is 0 Å². The maximum absolute atomic E-state index is 12.3. The van der Waals surface area contributed by atoms with Gasteiger partial charge in [-0.15, -0.1) is 0 Å². The van der Waals surface area contributed by atoms with E-state index in [0.717, 1.165) is 19.3 Å². The van der Waals surface area contributed by atoms with E-state index in [1.54, 1.807) is 0 Å². The third-order valence-electron chi connectivity index (χ3n) is 4.09. The molecule has 0 aromatic rings. The number of nitrogens with two attached hydrogens (primary N) is 1. The maximum atomic E-state index is 12.3. The summed E-state index contributed by atoms with van der Waals surface area (Å²) in [6.45, 7) is 4.95. The monoisotopic (exact) mass is 254 g/mol. The van der Waals surface area contributed by atoms with Gasteiger partial charge in [0.2, 0.25) is 5.91 Å². The third kappa shape index (κ3) is 5.38. The van der Waals surface area contributed by atoms with Crippen molar-refractivity contribution in [2.75, 3.05) is 6.54 Å². The molecular weight excluding hydrogens is 224 g/mol. The predicted molar refractivity (Wildman–Crippen MR) is 76.2 cm³/mol. The normalized spacial score (nSPS) is 20.2. The second-order valence-corrected chi connectivity index (χ2v) is 5.98. The van der Waals surface area contributed by atoms with Crippen LogP contribution in [0.3, 0.4) is 0 Å². The van der Waals surface area contributed by atoms with Crippen LogP contribution < -0.4 is 11.1 Å². The highest BCUT2D eigenvalue weighted by Gasteiger charge is 2.22. The van der Waals surface area contributed by atoms with Gasteiger partial charge in [0.25, 0.3) is 0 Å². The molecule has 0 aromatic heterocycles. The number of carbonyl (C=O) groups excluding carboxylic acids is 1. The van der Waals surface area contributed by atoms with Crippen LogP contribution in [0, 0.1) is 11.8 Å². The first kappa shape index (κ1) is 15.5. The Balaban J connectivity index is 2.45. The molecule has 0 heterocycles. The van der Waals surface area contributed by atoms with Crippen molar-refractivity contribution >= 4 is 5.91 Å². The summed E-state index contributed by atoms with van der Waals surface area (Å²) in [5.41, 5.74) is 5.62. The lowest BCUT2D eigenvalue weighted by Crippen LogP contribution is -2.43. The minimum absolute atomic E-state index is 0.240. The molecule has 1 saturated carbocycles. The van der Waals surface area contributed by atoms with Crippen molar-refractivity contribution in [3.8, 4) is 0 Å². The lowest BCUT2D eigenvalue weighted by atomic mass is 9.89. The molecule has 3 N–H and O–H groups in total. The van der Waals surface area contributed by atoms with E-state index in [1.165, 1.54) is 32.1 Å². The number of rotatable bonds is 5. The molecule has 0 saturated heterocycles. The first-order chi connectivity index (χ1) is 8.65. The van der Waals surface area contributed by atoms with Gasteiger partial charge in [0, 0.05) is 12.0 Å². The zero-order chi connectivity index (χ0) is 13.4. The molecule has 1 atom stereocenters. The molecular formula is C15H30N2O. The number of carbonyl (C=O) groups is 1. The van der Waals surface area contributed by atoms with Gasteiger partial charge in [-0.2, -0.15) is 0 Å². The third-order valence-corrected chi connectivity index (χ3v) is 4.09. The van der Waals surface area contributed by atoms with E-state index in [4.69, 9.17) is 5.73 Å². The van der Waals surface area contributed by atoms with E-state index in [9.17, 15) is 4.79 Å². The van der Waals surface area contributed by atoms with Gasteiger partial charge < -0.3 is 11.1 Å². The van der Waals surface area contributed by atoms with Gasteiger partial charge in [0.1, 0.15) is 0 Å². The second-order valence-electron chi connectivity index (χ2n) is 5.98. The highest BCUT2D eigenvalue weighted by molar-refractivity contribution is 5.78. The van der Waals surface area contributed by atoms with Crippen molar-refractivity contribution in [1.29, 1.82) is 0 Å². The Kier molecular flexibility index (Phi) is 7.33. The number of amides is 1. The van der Waals surface area contributed by atoms with Crippen LogP contribution in [-0.2, 0) is 4.79 Å². The number of nitrogens with one attached hydrogen (secondary N) is 1. The molecule has 0 radical (unpaired) electrons. The van der Waals surface area contributed by atoms with Crippen molar-refractivity contribution in [2.24, 2.45) is 17.6 Å². The van der Waals surface area contributed by atoms with Gasteiger partial charge in [-0.05, 0) is 31.7 Å². The summed E-state index contributed by atoms with van der Waals surface area (Å²) in [7, 11) is 0. The molecule has 0 aromatic carbocycles. The summed E-state index contributed by atoms with van der Waals surface area (Å²) >= 11 is 0. The first-order valence-electron chi connectivity index (χ1n) is 7.65. The van der Waals surface area contributed by atoms with Crippen molar-refractivity contribution in [1.82, 2.24) is 5.32 Å². The van der Waals surface area contributed by atoms with Crippen molar-refractivity contribution in [3.63, 3.8) is 0 Å². The van der Waals surface area contributed by atoms with Crippen LogP contribution in [0.4, 0.5) is 0 Å². The predicted octanol–water partition coefficient (Wildman–Crippen LogP) is 2.84. The standard InChI is InChI=1S/C15H30N2O/c1-12(2)14(10-11-16)17-15(18)13-8-6-4-3-5-7-9-13/h12-14H,3-11,16H2,1-2H3,(H,17,18). The van der Waals surface area contributed by atoms with Crippen LogP contribution in [0.25, 0.3) is 0 Å². The van der Waals surface area contributed by atoms with E-state index < -0.39 is 0 Å². The van der Waals surface area contributed by atoms with Gasteiger partial charge in [0.05, 0.1) is 0 Å². The number of hydrogen-bond acceptors (Lipinski definition) is 2. The Morgan fingerprint density at radius 3 is 2.22 bits per heavy atom. The summed E-state index contributed by atoms with van der Waals surface area (Å²) in [5.74, 6) is 0.972. The smallest absolute Gasteiger partial charge is 0.223 e. The van der Waals surface area contributed by atoms with Gasteiger partial charge in [-0.3, -0.25) is 4.79 Å². The molecule has 1 amide bonds. The summed E-state index contributed by atoms with van der Waals surface area (Å²) in [4.78, 5) is 12.3. The van der Waals surface area contributed by atoms with Crippen molar-refractivity contribution < 1.29 is 4.79 Å². The fourth-order valence-corrected chi connectivity index (χ4v) is 2.77. The molecule has 0 bridgehead atoms. The highest BCUT2D eigenvalue weighted by atomic mass is 16.1. The van der Waals surface area contributed by atoms with E-state index in [1.807, 2.05) is 0 Å². The van der Waals surface area contributed by atoms with Crippen LogP contribution in [0.15, 0.2) is 0 Å². The van der Waals surface area contributed by atoms with E-state index in [0.29, 0.717) is 12.5 Å². The Bertz CT molecular complexity index is 233. The van der Waals surface area contributed by atoms with Crippen LogP contribution in [0.2, 0.25) is 0 Å². The minimum atomic E-state index is 0.240. The molecule has 0 aliphatic heterocycles. The van der Waals surface area contributed by atoms with Crippen LogP contribution in [0.5, 0.6) is 0 Å². The molecule has 1 rings (SSSR count). The minimum Gasteiger partial charge on any atom is -0.353 e. The first-order valence-corrected chi connectivity index (χ1v) is 7.65. The van der Waals surface area contributed by atoms with E-state index in [-0.39, 0.29) is 17.9 Å². The topological polar surface area (TPSA) is 55.1 Å². The summed E-state index contributed by atoms with van der Waals surface area (Å²) in [6.07, 6.45) is 9.37. The fourth-order valence-electron chi connectivity index (χ4n) is 2.77. The Labute approximate surface area is 112 Å². The van der Waals surface area contributed by atoms with Crippen molar-refractivity contribution in [3.05, 3.63) is 0 Å². The lowest BCUT2D eigenvalue weighted by Gasteiger charge is -2.26. The summed E-state index contributed by atoms with van der Waals surface area (Å²) in [6, 6.07) is 0.243. The van der Waals surface area contributed by atoms with E-state index >= 15 is 0 Å². The van der Waals surface area contributed by atoms with Crippen LogP contribution in [0.1, 0.15) is 65.2 Å². The molecule has 106 valence electrons. The average Bonchev–Trinajstić information content (AvgIpc) is 2.27. The molecule has 0 spiro atoms. The second kappa shape index (κ2) is 8.52. The molecule has 3 nitrogen and oxygen atoms in total. The van der Waals surface area contributed by atoms with E-state index in [2.05, 4.69) is 19.2 Å². The van der Waals surface area contributed by atoms with Gasteiger partial charge in [0.15, 0.2) is 0 Å². The Morgan fingerprint density at radius 2 is 1.72 bits per heavy atom. The highest BCUT2D eigenvalue weighted by Crippen LogP contribution is 2.22. The van der Waals surface area contributed by atoms with Gasteiger partial charge >= 0.3 is 0 Å². The number of hydrogen-bond donors (Lipinski definition) is 2. The average molecular weight is 254 g/mol. The zero-order valence-corrected chi connectivity index (χ0v) is 12.1. The zero-order valence-electron chi connectivity index (χ0n) is 12.1. The summed E-state index contributed by atoms with van der Waals surface area (Å²) < 4.78 is 0. The maximum Gasteiger partial charge on any atom is 0.223 e. The van der Waals surface area contributed by atoms with Crippen LogP contribution in [-0.4, -0.2) is 18.5 Å². The lowest BCUT2D eigenvalue weighted by molar-refractivity contribution is -0.126.